The third-order valence-electron chi connectivity index (χ3n) is 3.13. The number of pyridine rings is 1. The van der Waals surface area contributed by atoms with Crippen LogP contribution in [0.3, 0.4) is 0 Å². The molecule has 0 aliphatic rings. The summed E-state index contributed by atoms with van der Waals surface area (Å²) in [5.41, 5.74) is 3.79. The minimum atomic E-state index is -0.0418. The fourth-order valence-electron chi connectivity index (χ4n) is 2.10. The maximum atomic E-state index is 11.8. The maximum absolute atomic E-state index is 11.8. The molecule has 0 saturated heterocycles. The molecule has 5 heteroatoms. The van der Waals surface area contributed by atoms with Crippen LogP contribution in [0.5, 0.6) is 0 Å². The molecule has 0 bridgehead atoms. The highest BCUT2D eigenvalue weighted by Crippen LogP contribution is 2.15. The van der Waals surface area contributed by atoms with Gasteiger partial charge in [0.25, 0.3) is 0 Å². The number of aromatic nitrogens is 2. The standard InChI is InChI=1S/C14H19N3O2/c1-10-5-3-7-17-12(11(2)16-14(10)17)9-13(19)15-6-4-8-18/h3,5,7,18H,4,6,8-9H2,1-2H3,(H,15,19). The van der Waals surface area contributed by atoms with Crippen molar-refractivity contribution in [3.63, 3.8) is 0 Å². The number of fused-ring (bicyclic) bond motifs is 1. The Kier molecular flexibility index (Phi) is 4.16. The monoisotopic (exact) mass is 261 g/mol. The Hall–Kier alpha value is -1.88. The first-order valence-corrected chi connectivity index (χ1v) is 6.44. The first-order valence-electron chi connectivity index (χ1n) is 6.44. The molecule has 0 aliphatic carbocycles. The van der Waals surface area contributed by atoms with E-state index < -0.39 is 0 Å². The molecule has 5 nitrogen and oxygen atoms in total. The highest BCUT2D eigenvalue weighted by Gasteiger charge is 2.13. The molecule has 0 aromatic carbocycles. The normalized spacial score (nSPS) is 10.9. The summed E-state index contributed by atoms with van der Waals surface area (Å²) >= 11 is 0. The number of aliphatic hydroxyl groups is 1. The lowest BCUT2D eigenvalue weighted by Crippen LogP contribution is -2.27. The van der Waals surface area contributed by atoms with Crippen LogP contribution >= 0.6 is 0 Å². The predicted octanol–water partition coefficient (Wildman–Crippen LogP) is 0.992. The highest BCUT2D eigenvalue weighted by atomic mass is 16.3. The summed E-state index contributed by atoms with van der Waals surface area (Å²) in [7, 11) is 0. The second kappa shape index (κ2) is 5.84. The smallest absolute Gasteiger partial charge is 0.226 e. The molecular formula is C14H19N3O2. The molecule has 0 saturated carbocycles. The molecule has 19 heavy (non-hydrogen) atoms. The van der Waals surface area contributed by atoms with Gasteiger partial charge >= 0.3 is 0 Å². The molecule has 0 radical (unpaired) electrons. The molecular weight excluding hydrogens is 242 g/mol. The first kappa shape index (κ1) is 13.5. The molecule has 102 valence electrons. The first-order chi connectivity index (χ1) is 9.13. The largest absolute Gasteiger partial charge is 0.396 e. The molecule has 2 N–H and O–H groups in total. The third kappa shape index (κ3) is 2.93. The summed E-state index contributed by atoms with van der Waals surface area (Å²) in [4.78, 5) is 16.3. The van der Waals surface area contributed by atoms with Crippen LogP contribution < -0.4 is 5.32 Å². The lowest BCUT2D eigenvalue weighted by molar-refractivity contribution is -0.120. The van der Waals surface area contributed by atoms with Gasteiger partial charge in [0.05, 0.1) is 17.8 Å². The van der Waals surface area contributed by atoms with Crippen molar-refractivity contribution in [2.24, 2.45) is 0 Å². The summed E-state index contributed by atoms with van der Waals surface area (Å²) in [5, 5.41) is 11.5. The van der Waals surface area contributed by atoms with Gasteiger partial charge < -0.3 is 14.8 Å². The van der Waals surface area contributed by atoms with Crippen LogP contribution in [0.15, 0.2) is 18.3 Å². The summed E-state index contributed by atoms with van der Waals surface area (Å²) < 4.78 is 1.97. The van der Waals surface area contributed by atoms with Gasteiger partial charge in [-0.2, -0.15) is 0 Å². The van der Waals surface area contributed by atoms with Gasteiger partial charge in [-0.3, -0.25) is 4.79 Å². The molecule has 2 aromatic rings. The van der Waals surface area contributed by atoms with Crippen LogP contribution in [0.25, 0.3) is 5.65 Å². The fraction of sp³-hybridized carbons (Fsp3) is 0.429. The Balaban J connectivity index is 2.18. The van der Waals surface area contributed by atoms with Crippen molar-refractivity contribution < 1.29 is 9.90 Å². The topological polar surface area (TPSA) is 66.6 Å². The van der Waals surface area contributed by atoms with E-state index in [2.05, 4.69) is 10.3 Å². The predicted molar refractivity (Wildman–Crippen MR) is 73.1 cm³/mol. The van der Waals surface area contributed by atoms with Gasteiger partial charge in [0.2, 0.25) is 5.91 Å². The van der Waals surface area contributed by atoms with E-state index in [0.29, 0.717) is 19.4 Å². The SMILES string of the molecule is Cc1nc2c(C)cccn2c1CC(=O)NCCCO. The van der Waals surface area contributed by atoms with Crippen LogP contribution in [0, 0.1) is 13.8 Å². The average Bonchev–Trinajstić information content (AvgIpc) is 2.69. The number of carbonyl (C=O) groups excluding carboxylic acids is 1. The van der Waals surface area contributed by atoms with E-state index in [9.17, 15) is 4.79 Å². The molecule has 0 spiro atoms. The van der Waals surface area contributed by atoms with E-state index >= 15 is 0 Å². The number of hydrogen-bond donors (Lipinski definition) is 2. The second-order valence-electron chi connectivity index (χ2n) is 4.63. The molecule has 1 amide bonds. The number of nitrogens with one attached hydrogen (secondary N) is 1. The summed E-state index contributed by atoms with van der Waals surface area (Å²) in [5.74, 6) is -0.0418. The molecule has 2 aromatic heterocycles. The van der Waals surface area contributed by atoms with Crippen molar-refractivity contribution >= 4 is 11.6 Å². The lowest BCUT2D eigenvalue weighted by atomic mass is 10.2. The van der Waals surface area contributed by atoms with Gasteiger partial charge in [0, 0.05) is 19.3 Å². The number of nitrogens with zero attached hydrogens (tertiary/aromatic N) is 2. The molecule has 0 fully saturated rings. The number of rotatable bonds is 5. The number of amides is 1. The Morgan fingerprint density at radius 2 is 2.26 bits per heavy atom. The Labute approximate surface area is 112 Å². The Morgan fingerprint density at radius 1 is 1.47 bits per heavy atom. The minimum Gasteiger partial charge on any atom is -0.396 e. The van der Waals surface area contributed by atoms with E-state index in [-0.39, 0.29) is 12.5 Å². The van der Waals surface area contributed by atoms with Crippen LogP contribution in [0.1, 0.15) is 23.4 Å². The van der Waals surface area contributed by atoms with Crippen LogP contribution in [0.4, 0.5) is 0 Å². The minimum absolute atomic E-state index is 0.0418. The third-order valence-corrected chi connectivity index (χ3v) is 3.13. The highest BCUT2D eigenvalue weighted by molar-refractivity contribution is 5.78. The zero-order valence-electron chi connectivity index (χ0n) is 11.3. The Bertz CT molecular complexity index is 590. The quantitative estimate of drug-likeness (QED) is 0.789. The van der Waals surface area contributed by atoms with Crippen molar-refractivity contribution in [2.45, 2.75) is 26.7 Å². The van der Waals surface area contributed by atoms with E-state index in [1.54, 1.807) is 0 Å². The average molecular weight is 261 g/mol. The lowest BCUT2D eigenvalue weighted by Gasteiger charge is -2.05. The molecule has 0 unspecified atom stereocenters. The van der Waals surface area contributed by atoms with Crippen molar-refractivity contribution in [1.29, 1.82) is 0 Å². The number of imidazole rings is 1. The molecule has 0 atom stereocenters. The van der Waals surface area contributed by atoms with Crippen LogP contribution in [0.2, 0.25) is 0 Å². The van der Waals surface area contributed by atoms with Crippen molar-refractivity contribution in [1.82, 2.24) is 14.7 Å². The molecule has 0 aliphatic heterocycles. The number of aliphatic hydroxyl groups excluding tert-OH is 1. The van der Waals surface area contributed by atoms with Crippen molar-refractivity contribution in [3.05, 3.63) is 35.3 Å². The van der Waals surface area contributed by atoms with Gasteiger partial charge in [-0.25, -0.2) is 4.98 Å². The summed E-state index contributed by atoms with van der Waals surface area (Å²) in [6.45, 7) is 4.52. The molecule has 2 heterocycles. The number of aryl methyl sites for hydroxylation is 2. The summed E-state index contributed by atoms with van der Waals surface area (Å²) in [6, 6.07) is 3.96. The van der Waals surface area contributed by atoms with Crippen LogP contribution in [-0.4, -0.2) is 33.6 Å². The van der Waals surface area contributed by atoms with Crippen LogP contribution in [-0.2, 0) is 11.2 Å². The molecule has 2 rings (SSSR count). The number of hydrogen-bond acceptors (Lipinski definition) is 3. The van der Waals surface area contributed by atoms with E-state index in [1.165, 1.54) is 0 Å². The van der Waals surface area contributed by atoms with Gasteiger partial charge in [-0.05, 0) is 31.9 Å². The van der Waals surface area contributed by atoms with Gasteiger partial charge in [0.1, 0.15) is 5.65 Å². The fourth-order valence-corrected chi connectivity index (χ4v) is 2.10. The zero-order chi connectivity index (χ0) is 13.8. The number of carbonyl (C=O) groups is 1. The van der Waals surface area contributed by atoms with E-state index in [0.717, 1.165) is 22.6 Å². The van der Waals surface area contributed by atoms with Crippen molar-refractivity contribution in [3.8, 4) is 0 Å². The van der Waals surface area contributed by atoms with E-state index in [1.807, 2.05) is 36.6 Å². The zero-order valence-corrected chi connectivity index (χ0v) is 11.3. The maximum Gasteiger partial charge on any atom is 0.226 e. The van der Waals surface area contributed by atoms with Gasteiger partial charge in [0.15, 0.2) is 0 Å². The summed E-state index contributed by atoms with van der Waals surface area (Å²) in [6.07, 6.45) is 2.82. The van der Waals surface area contributed by atoms with E-state index in [4.69, 9.17) is 5.11 Å². The second-order valence-corrected chi connectivity index (χ2v) is 4.63. The Morgan fingerprint density at radius 3 is 3.00 bits per heavy atom. The van der Waals surface area contributed by atoms with Gasteiger partial charge in [-0.15, -0.1) is 0 Å². The van der Waals surface area contributed by atoms with Crippen molar-refractivity contribution in [2.75, 3.05) is 13.2 Å². The van der Waals surface area contributed by atoms with Gasteiger partial charge in [-0.1, -0.05) is 6.07 Å².